The van der Waals surface area contributed by atoms with Crippen molar-refractivity contribution in [3.8, 4) is 0 Å². The fourth-order valence-electron chi connectivity index (χ4n) is 2.82. The monoisotopic (exact) mass is 430 g/mol. The lowest BCUT2D eigenvalue weighted by Gasteiger charge is -2.10. The summed E-state index contributed by atoms with van der Waals surface area (Å²) in [7, 11) is -3.87. The Balaban J connectivity index is 1.66. The number of hydrogen-bond acceptors (Lipinski definition) is 3. The zero-order valence-electron chi connectivity index (χ0n) is 16.2. The molecule has 0 bridgehead atoms. The molecule has 5 nitrogen and oxygen atoms in total. The third-order valence-corrected chi connectivity index (χ3v) is 5.71. The molecule has 0 radical (unpaired) electrons. The van der Waals surface area contributed by atoms with E-state index in [9.17, 15) is 22.0 Å². The van der Waals surface area contributed by atoms with E-state index in [1.165, 1.54) is 36.4 Å². The fourth-order valence-corrected chi connectivity index (χ4v) is 3.92. The van der Waals surface area contributed by atoms with Crippen molar-refractivity contribution in [1.82, 2.24) is 5.32 Å². The van der Waals surface area contributed by atoms with Crippen LogP contribution >= 0.6 is 0 Å². The maximum Gasteiger partial charge on any atom is 0.261 e. The van der Waals surface area contributed by atoms with Gasteiger partial charge in [-0.15, -0.1) is 0 Å². The van der Waals surface area contributed by atoms with E-state index < -0.39 is 27.6 Å². The van der Waals surface area contributed by atoms with Crippen LogP contribution in [-0.2, 0) is 16.4 Å². The number of amides is 1. The van der Waals surface area contributed by atoms with Gasteiger partial charge in [0.1, 0.15) is 11.6 Å². The number of sulfonamides is 1. The molecule has 0 saturated heterocycles. The van der Waals surface area contributed by atoms with E-state index in [1.54, 1.807) is 24.3 Å². The molecule has 3 aromatic rings. The van der Waals surface area contributed by atoms with Crippen molar-refractivity contribution in [3.05, 3.63) is 95.1 Å². The van der Waals surface area contributed by atoms with E-state index in [1.807, 2.05) is 6.92 Å². The second kappa shape index (κ2) is 9.04. The second-order valence-corrected chi connectivity index (χ2v) is 8.47. The summed E-state index contributed by atoms with van der Waals surface area (Å²) < 4.78 is 54.1. The first kappa shape index (κ1) is 21.4. The molecule has 8 heteroatoms. The predicted molar refractivity (Wildman–Crippen MR) is 111 cm³/mol. The Labute approximate surface area is 173 Å². The van der Waals surface area contributed by atoms with E-state index >= 15 is 0 Å². The molecular formula is C22H20F2N2O3S. The lowest BCUT2D eigenvalue weighted by atomic mass is 10.1. The summed E-state index contributed by atoms with van der Waals surface area (Å²) in [5, 5.41) is 2.62. The van der Waals surface area contributed by atoms with Gasteiger partial charge in [-0.25, -0.2) is 17.2 Å². The van der Waals surface area contributed by atoms with Gasteiger partial charge in [-0.1, -0.05) is 23.8 Å². The standard InChI is InChI=1S/C22H20F2N2O3S/c1-15-5-7-20(8-6-15)26-30(28,29)21-4-2-3-17(13-21)22(27)25-10-9-16-11-18(23)14-19(24)12-16/h2-8,11-14,26H,9-10H2,1H3,(H,25,27). The van der Waals surface area contributed by atoms with Gasteiger partial charge in [0, 0.05) is 23.9 Å². The van der Waals surface area contributed by atoms with Crippen LogP contribution < -0.4 is 10.0 Å². The minimum absolute atomic E-state index is 0.0528. The van der Waals surface area contributed by atoms with Crippen LogP contribution in [0.15, 0.2) is 71.6 Å². The minimum atomic E-state index is -3.87. The highest BCUT2D eigenvalue weighted by Gasteiger charge is 2.16. The smallest absolute Gasteiger partial charge is 0.261 e. The molecule has 0 aliphatic rings. The lowest BCUT2D eigenvalue weighted by molar-refractivity contribution is 0.0954. The molecule has 0 aromatic heterocycles. The predicted octanol–water partition coefficient (Wildman–Crippen LogP) is 4.05. The van der Waals surface area contributed by atoms with Gasteiger partial charge < -0.3 is 5.32 Å². The molecule has 0 aliphatic heterocycles. The summed E-state index contributed by atoms with van der Waals surface area (Å²) >= 11 is 0. The first-order valence-electron chi connectivity index (χ1n) is 9.16. The Bertz CT molecular complexity index is 1140. The Hall–Kier alpha value is -3.26. The van der Waals surface area contributed by atoms with Crippen molar-refractivity contribution in [1.29, 1.82) is 0 Å². The van der Waals surface area contributed by atoms with Crippen LogP contribution in [0.1, 0.15) is 21.5 Å². The molecule has 3 rings (SSSR count). The summed E-state index contributed by atoms with van der Waals surface area (Å²) in [6, 6.07) is 15.7. The quantitative estimate of drug-likeness (QED) is 0.594. The van der Waals surface area contributed by atoms with E-state index in [2.05, 4.69) is 10.0 Å². The lowest BCUT2D eigenvalue weighted by Crippen LogP contribution is -2.26. The van der Waals surface area contributed by atoms with Crippen molar-refractivity contribution in [2.75, 3.05) is 11.3 Å². The zero-order valence-corrected chi connectivity index (χ0v) is 17.0. The topological polar surface area (TPSA) is 75.3 Å². The molecule has 0 spiro atoms. The highest BCUT2D eigenvalue weighted by atomic mass is 32.2. The van der Waals surface area contributed by atoms with Crippen LogP contribution in [0.3, 0.4) is 0 Å². The van der Waals surface area contributed by atoms with Crippen LogP contribution in [0.5, 0.6) is 0 Å². The Morgan fingerprint density at radius 2 is 1.60 bits per heavy atom. The Morgan fingerprint density at radius 1 is 0.933 bits per heavy atom. The maximum atomic E-state index is 13.2. The summed E-state index contributed by atoms with van der Waals surface area (Å²) in [6.07, 6.45) is 0.230. The van der Waals surface area contributed by atoms with E-state index in [4.69, 9.17) is 0 Å². The van der Waals surface area contributed by atoms with Gasteiger partial charge in [0.05, 0.1) is 4.90 Å². The molecule has 0 aliphatic carbocycles. The molecule has 0 atom stereocenters. The number of halogens is 2. The van der Waals surface area contributed by atoms with Crippen LogP contribution in [0, 0.1) is 18.6 Å². The molecule has 0 fully saturated rings. The third kappa shape index (κ3) is 5.64. The maximum absolute atomic E-state index is 13.2. The van der Waals surface area contributed by atoms with Crippen LogP contribution in [0.25, 0.3) is 0 Å². The number of nitrogens with one attached hydrogen (secondary N) is 2. The first-order chi connectivity index (χ1) is 14.2. The van der Waals surface area contributed by atoms with Gasteiger partial charge in [-0.05, 0) is 61.4 Å². The molecule has 0 heterocycles. The molecule has 3 aromatic carbocycles. The fraction of sp³-hybridized carbons (Fsp3) is 0.136. The molecule has 0 unspecified atom stereocenters. The molecule has 156 valence electrons. The number of hydrogen-bond donors (Lipinski definition) is 2. The summed E-state index contributed by atoms with van der Waals surface area (Å²) in [4.78, 5) is 12.3. The van der Waals surface area contributed by atoms with Crippen LogP contribution in [0.2, 0.25) is 0 Å². The number of carbonyl (C=O) groups is 1. The van der Waals surface area contributed by atoms with Crippen molar-refractivity contribution in [2.24, 2.45) is 0 Å². The van der Waals surface area contributed by atoms with Crippen molar-refractivity contribution < 1.29 is 22.0 Å². The van der Waals surface area contributed by atoms with Gasteiger partial charge in [0.25, 0.3) is 15.9 Å². The highest BCUT2D eigenvalue weighted by molar-refractivity contribution is 7.92. The number of anilines is 1. The average molecular weight is 430 g/mol. The van der Waals surface area contributed by atoms with Gasteiger partial charge in [-0.2, -0.15) is 0 Å². The molecule has 1 amide bonds. The summed E-state index contributed by atoms with van der Waals surface area (Å²) in [5.74, 6) is -1.86. The third-order valence-electron chi connectivity index (χ3n) is 4.33. The number of benzene rings is 3. The normalized spacial score (nSPS) is 11.2. The Kier molecular flexibility index (Phi) is 6.47. The highest BCUT2D eigenvalue weighted by Crippen LogP contribution is 2.18. The van der Waals surface area contributed by atoms with Crippen molar-refractivity contribution in [2.45, 2.75) is 18.2 Å². The average Bonchev–Trinajstić information content (AvgIpc) is 2.69. The van der Waals surface area contributed by atoms with E-state index in [-0.39, 0.29) is 23.4 Å². The largest absolute Gasteiger partial charge is 0.352 e. The van der Waals surface area contributed by atoms with E-state index in [0.29, 0.717) is 11.3 Å². The Morgan fingerprint density at radius 3 is 2.27 bits per heavy atom. The molecular weight excluding hydrogens is 410 g/mol. The van der Waals surface area contributed by atoms with Crippen molar-refractivity contribution >= 4 is 21.6 Å². The second-order valence-electron chi connectivity index (χ2n) is 6.78. The summed E-state index contributed by atoms with van der Waals surface area (Å²) in [5.41, 5.74) is 1.98. The number of rotatable bonds is 7. The van der Waals surface area contributed by atoms with Gasteiger partial charge in [-0.3, -0.25) is 9.52 Å². The first-order valence-corrected chi connectivity index (χ1v) is 10.6. The SMILES string of the molecule is Cc1ccc(NS(=O)(=O)c2cccc(C(=O)NCCc3cc(F)cc(F)c3)c2)cc1. The molecule has 30 heavy (non-hydrogen) atoms. The number of aryl methyl sites for hydroxylation is 1. The van der Waals surface area contributed by atoms with Crippen LogP contribution in [-0.4, -0.2) is 20.9 Å². The summed E-state index contributed by atoms with van der Waals surface area (Å²) in [6.45, 7) is 2.03. The zero-order chi connectivity index (χ0) is 21.7. The number of carbonyl (C=O) groups excluding carboxylic acids is 1. The van der Waals surface area contributed by atoms with Gasteiger partial charge >= 0.3 is 0 Å². The minimum Gasteiger partial charge on any atom is -0.352 e. The molecule has 2 N–H and O–H groups in total. The van der Waals surface area contributed by atoms with Crippen molar-refractivity contribution in [3.63, 3.8) is 0 Å². The van der Waals surface area contributed by atoms with Gasteiger partial charge in [0.2, 0.25) is 0 Å². The molecule has 0 saturated carbocycles. The van der Waals surface area contributed by atoms with E-state index in [0.717, 1.165) is 11.6 Å². The van der Waals surface area contributed by atoms with Crippen LogP contribution in [0.4, 0.5) is 14.5 Å². The van der Waals surface area contributed by atoms with Gasteiger partial charge in [0.15, 0.2) is 0 Å².